The molecule has 0 saturated heterocycles. The molecule has 3 heteroatoms. The van der Waals surface area contributed by atoms with Crippen LogP contribution in [0.4, 0.5) is 0 Å². The van der Waals surface area contributed by atoms with Gasteiger partial charge in [0.25, 0.3) is 0 Å². The number of rotatable bonds is 16. The van der Waals surface area contributed by atoms with Crippen LogP contribution in [-0.4, -0.2) is 24.3 Å². The largest absolute Gasteiger partial charge is 0.392 e. The zero-order chi connectivity index (χ0) is 18.3. The van der Waals surface area contributed by atoms with Crippen molar-refractivity contribution in [1.82, 2.24) is 0 Å². The van der Waals surface area contributed by atoms with Gasteiger partial charge >= 0.3 is 0 Å². The first-order chi connectivity index (χ1) is 11.7. The fraction of sp³-hybridized carbons (Fsp3) is 0.905. The average Bonchev–Trinajstić information content (AvgIpc) is 2.59. The van der Waals surface area contributed by atoms with Gasteiger partial charge in [0.15, 0.2) is 0 Å². The standard InChI is InChI=1S/C18H37N.C3H9NO/c1-2-3-4-5-6-7-8-9-10-11-12-13-14-15-16-17-18-19;1-3(5)2-4/h9-10H,2-8,11-19H2,1H3;3,5H,2,4H2,1H3/b10-9-;. The molecular weight excluding hydrogens is 296 g/mol. The van der Waals surface area contributed by atoms with Gasteiger partial charge in [-0.2, -0.15) is 0 Å². The summed E-state index contributed by atoms with van der Waals surface area (Å²) in [7, 11) is 0. The van der Waals surface area contributed by atoms with Crippen LogP contribution in [0.1, 0.15) is 104 Å². The molecule has 0 heterocycles. The number of nitrogens with two attached hydrogens (primary N) is 2. The zero-order valence-electron chi connectivity index (χ0n) is 16.6. The molecule has 0 aromatic heterocycles. The number of allylic oxidation sites excluding steroid dienone is 2. The quantitative estimate of drug-likeness (QED) is 0.263. The van der Waals surface area contributed by atoms with E-state index in [9.17, 15) is 0 Å². The minimum atomic E-state index is -0.338. The first-order valence-corrected chi connectivity index (χ1v) is 10.4. The molecule has 5 N–H and O–H groups in total. The van der Waals surface area contributed by atoms with E-state index in [1.54, 1.807) is 6.92 Å². The van der Waals surface area contributed by atoms with Crippen LogP contribution < -0.4 is 11.5 Å². The van der Waals surface area contributed by atoms with E-state index in [-0.39, 0.29) is 6.10 Å². The Labute approximate surface area is 152 Å². The summed E-state index contributed by atoms with van der Waals surface area (Å²) in [6.07, 6.45) is 23.5. The number of hydrogen-bond acceptors (Lipinski definition) is 3. The molecule has 0 aliphatic carbocycles. The summed E-state index contributed by atoms with van der Waals surface area (Å²) in [6.45, 7) is 5.15. The van der Waals surface area contributed by atoms with Gasteiger partial charge in [-0.3, -0.25) is 0 Å². The number of aliphatic hydroxyl groups is 1. The van der Waals surface area contributed by atoms with Crippen molar-refractivity contribution in [1.29, 1.82) is 0 Å². The summed E-state index contributed by atoms with van der Waals surface area (Å²) in [5.41, 5.74) is 10.4. The van der Waals surface area contributed by atoms with E-state index in [1.165, 1.54) is 89.9 Å². The number of hydrogen-bond donors (Lipinski definition) is 3. The summed E-state index contributed by atoms with van der Waals surface area (Å²) in [5.74, 6) is 0. The molecule has 0 bridgehead atoms. The molecule has 0 aromatic rings. The molecule has 146 valence electrons. The van der Waals surface area contributed by atoms with Crippen molar-refractivity contribution in [3.05, 3.63) is 12.2 Å². The lowest BCUT2D eigenvalue weighted by atomic mass is 10.1. The van der Waals surface area contributed by atoms with Gasteiger partial charge in [0.1, 0.15) is 0 Å². The maximum atomic E-state index is 8.24. The monoisotopic (exact) mass is 342 g/mol. The van der Waals surface area contributed by atoms with Gasteiger partial charge in [-0.25, -0.2) is 0 Å². The highest BCUT2D eigenvalue weighted by molar-refractivity contribution is 4.81. The third-order valence-electron chi connectivity index (χ3n) is 4.06. The average molecular weight is 343 g/mol. The first-order valence-electron chi connectivity index (χ1n) is 10.4. The van der Waals surface area contributed by atoms with Crippen molar-refractivity contribution in [2.75, 3.05) is 13.1 Å². The van der Waals surface area contributed by atoms with Crippen LogP contribution in [0, 0.1) is 0 Å². The summed E-state index contributed by atoms with van der Waals surface area (Å²) in [4.78, 5) is 0. The topological polar surface area (TPSA) is 72.3 Å². The van der Waals surface area contributed by atoms with Crippen LogP contribution in [0.3, 0.4) is 0 Å². The van der Waals surface area contributed by atoms with Crippen LogP contribution in [0.2, 0.25) is 0 Å². The predicted octanol–water partition coefficient (Wildman–Crippen LogP) is 5.31. The Morgan fingerprint density at radius 1 is 0.708 bits per heavy atom. The van der Waals surface area contributed by atoms with Crippen molar-refractivity contribution in [3.8, 4) is 0 Å². The number of aliphatic hydroxyl groups excluding tert-OH is 1. The van der Waals surface area contributed by atoms with Crippen molar-refractivity contribution in [2.45, 2.75) is 110 Å². The molecule has 3 nitrogen and oxygen atoms in total. The van der Waals surface area contributed by atoms with E-state index in [4.69, 9.17) is 16.6 Å². The Bertz CT molecular complexity index is 230. The third-order valence-corrected chi connectivity index (χ3v) is 4.06. The maximum absolute atomic E-state index is 8.24. The molecule has 1 unspecified atom stereocenters. The van der Waals surface area contributed by atoms with E-state index in [0.29, 0.717) is 6.54 Å². The molecule has 1 atom stereocenters. The minimum Gasteiger partial charge on any atom is -0.392 e. The molecule has 0 fully saturated rings. The van der Waals surface area contributed by atoms with Crippen LogP contribution >= 0.6 is 0 Å². The van der Waals surface area contributed by atoms with Crippen molar-refractivity contribution < 1.29 is 5.11 Å². The molecule has 0 spiro atoms. The van der Waals surface area contributed by atoms with Crippen molar-refractivity contribution in [3.63, 3.8) is 0 Å². The molecule has 0 rings (SSSR count). The van der Waals surface area contributed by atoms with Crippen LogP contribution in [-0.2, 0) is 0 Å². The lowest BCUT2D eigenvalue weighted by Gasteiger charge is -1.99. The molecular formula is C21H46N2O. The SMILES string of the molecule is CC(O)CN.CCCCCCCC/C=C\CCCCCCCCN. The fourth-order valence-corrected chi connectivity index (χ4v) is 2.39. The second-order valence-electron chi connectivity index (χ2n) is 6.81. The minimum absolute atomic E-state index is 0.338. The smallest absolute Gasteiger partial charge is 0.0634 e. The lowest BCUT2D eigenvalue weighted by Crippen LogP contribution is -2.14. The van der Waals surface area contributed by atoms with Gasteiger partial charge < -0.3 is 16.6 Å². The van der Waals surface area contributed by atoms with Gasteiger partial charge in [0.05, 0.1) is 6.10 Å². The van der Waals surface area contributed by atoms with E-state index < -0.39 is 0 Å². The molecule has 0 amide bonds. The highest BCUT2D eigenvalue weighted by Gasteiger charge is 1.90. The third kappa shape index (κ3) is 29.6. The Balaban J connectivity index is 0. The normalized spacial score (nSPS) is 12.2. The molecule has 24 heavy (non-hydrogen) atoms. The van der Waals surface area contributed by atoms with E-state index in [0.717, 1.165) is 6.54 Å². The van der Waals surface area contributed by atoms with Gasteiger partial charge in [-0.15, -0.1) is 0 Å². The van der Waals surface area contributed by atoms with E-state index >= 15 is 0 Å². The lowest BCUT2D eigenvalue weighted by molar-refractivity contribution is 0.203. The van der Waals surface area contributed by atoms with Crippen LogP contribution in [0.15, 0.2) is 12.2 Å². The van der Waals surface area contributed by atoms with Crippen molar-refractivity contribution >= 4 is 0 Å². The molecule has 0 radical (unpaired) electrons. The Morgan fingerprint density at radius 3 is 1.46 bits per heavy atom. The van der Waals surface area contributed by atoms with Crippen molar-refractivity contribution in [2.24, 2.45) is 11.5 Å². The Hall–Kier alpha value is -0.380. The van der Waals surface area contributed by atoms with Gasteiger partial charge in [-0.05, 0) is 45.6 Å². The van der Waals surface area contributed by atoms with E-state index in [2.05, 4.69) is 19.1 Å². The second-order valence-corrected chi connectivity index (χ2v) is 6.81. The molecule has 0 aromatic carbocycles. The summed E-state index contributed by atoms with van der Waals surface area (Å²) >= 11 is 0. The van der Waals surface area contributed by atoms with Crippen LogP contribution in [0.25, 0.3) is 0 Å². The Kier molecular flexibility index (Phi) is 26.8. The Morgan fingerprint density at radius 2 is 1.08 bits per heavy atom. The highest BCUT2D eigenvalue weighted by Crippen LogP contribution is 2.09. The van der Waals surface area contributed by atoms with Gasteiger partial charge in [0.2, 0.25) is 0 Å². The summed E-state index contributed by atoms with van der Waals surface area (Å²) in [6, 6.07) is 0. The van der Waals surface area contributed by atoms with Gasteiger partial charge in [-0.1, -0.05) is 76.9 Å². The van der Waals surface area contributed by atoms with E-state index in [1.807, 2.05) is 0 Å². The summed E-state index contributed by atoms with van der Waals surface area (Å²) < 4.78 is 0. The van der Waals surface area contributed by atoms with Crippen LogP contribution in [0.5, 0.6) is 0 Å². The second kappa shape index (κ2) is 24.9. The molecule has 0 aliphatic rings. The molecule has 0 aliphatic heterocycles. The van der Waals surface area contributed by atoms with Gasteiger partial charge in [0, 0.05) is 6.54 Å². The molecule has 0 saturated carbocycles. The maximum Gasteiger partial charge on any atom is 0.0634 e. The zero-order valence-corrected chi connectivity index (χ0v) is 16.6. The first kappa shape index (κ1) is 25.9. The summed E-state index contributed by atoms with van der Waals surface area (Å²) in [5, 5.41) is 8.24. The highest BCUT2D eigenvalue weighted by atomic mass is 16.3. The fourth-order valence-electron chi connectivity index (χ4n) is 2.39. The predicted molar refractivity (Wildman–Crippen MR) is 109 cm³/mol. The number of unbranched alkanes of at least 4 members (excludes halogenated alkanes) is 12.